The van der Waals surface area contributed by atoms with Crippen molar-refractivity contribution in [2.24, 2.45) is 0 Å². The molecule has 1 aromatic heterocycles. The van der Waals surface area contributed by atoms with Crippen LogP contribution in [0.2, 0.25) is 0 Å². The van der Waals surface area contributed by atoms with Gasteiger partial charge in [-0.3, -0.25) is 4.79 Å². The Balaban J connectivity index is 1.63. The van der Waals surface area contributed by atoms with Crippen LogP contribution >= 0.6 is 0 Å². The number of aryl methyl sites for hydroxylation is 1. The number of carbonyl (C=O) groups excluding carboxylic acids is 1. The fourth-order valence-corrected chi connectivity index (χ4v) is 2.34. The molecule has 0 spiro atoms. The molecule has 0 saturated carbocycles. The van der Waals surface area contributed by atoms with E-state index < -0.39 is 0 Å². The number of carbonyl (C=O) groups is 1. The zero-order chi connectivity index (χ0) is 14.7. The summed E-state index contributed by atoms with van der Waals surface area (Å²) in [6, 6.07) is 7.18. The van der Waals surface area contributed by atoms with Crippen molar-refractivity contribution in [3.8, 4) is 5.69 Å². The Morgan fingerprint density at radius 1 is 1.43 bits per heavy atom. The Bertz CT molecular complexity index is 617. The van der Waals surface area contributed by atoms with E-state index in [1.807, 2.05) is 19.1 Å². The van der Waals surface area contributed by atoms with Crippen LogP contribution in [-0.2, 0) is 4.74 Å². The molecular formula is C14H17N5O2. The lowest BCUT2D eigenvalue weighted by atomic mass is 10.2. The van der Waals surface area contributed by atoms with Crippen LogP contribution < -0.4 is 5.32 Å². The molecule has 110 valence electrons. The number of hydrogen-bond donors (Lipinski definition) is 1. The number of nitrogens with zero attached hydrogens (tertiary/aromatic N) is 4. The number of hydrogen-bond acceptors (Lipinski definition) is 5. The molecule has 1 fully saturated rings. The molecule has 7 nitrogen and oxygen atoms in total. The second kappa shape index (κ2) is 6.01. The van der Waals surface area contributed by atoms with E-state index in [9.17, 15) is 4.79 Å². The van der Waals surface area contributed by atoms with Crippen LogP contribution in [0.15, 0.2) is 24.3 Å². The van der Waals surface area contributed by atoms with Gasteiger partial charge in [0.25, 0.3) is 5.91 Å². The molecule has 2 heterocycles. The first-order chi connectivity index (χ1) is 10.2. The molecule has 1 aliphatic heterocycles. The predicted molar refractivity (Wildman–Crippen MR) is 75.2 cm³/mol. The van der Waals surface area contributed by atoms with E-state index in [2.05, 4.69) is 20.8 Å². The molecule has 1 saturated heterocycles. The van der Waals surface area contributed by atoms with Crippen molar-refractivity contribution in [2.45, 2.75) is 25.9 Å². The largest absolute Gasteiger partial charge is 0.376 e. The summed E-state index contributed by atoms with van der Waals surface area (Å²) >= 11 is 0. The van der Waals surface area contributed by atoms with Gasteiger partial charge in [-0.2, -0.15) is 4.68 Å². The van der Waals surface area contributed by atoms with E-state index >= 15 is 0 Å². The van der Waals surface area contributed by atoms with E-state index in [4.69, 9.17) is 4.74 Å². The molecule has 1 amide bonds. The van der Waals surface area contributed by atoms with Gasteiger partial charge in [0.1, 0.15) is 0 Å². The lowest BCUT2D eigenvalue weighted by Gasteiger charge is -2.11. The highest BCUT2D eigenvalue weighted by molar-refractivity contribution is 5.94. The monoisotopic (exact) mass is 287 g/mol. The van der Waals surface area contributed by atoms with Gasteiger partial charge in [-0.15, -0.1) is 5.10 Å². The number of ether oxygens (including phenoxy) is 1. The lowest BCUT2D eigenvalue weighted by molar-refractivity contribution is 0.0858. The molecule has 1 atom stereocenters. The molecule has 0 aliphatic carbocycles. The van der Waals surface area contributed by atoms with E-state index in [1.165, 1.54) is 0 Å². The van der Waals surface area contributed by atoms with Crippen LogP contribution in [0.25, 0.3) is 5.69 Å². The first-order valence-electron chi connectivity index (χ1n) is 6.99. The van der Waals surface area contributed by atoms with Gasteiger partial charge in [-0.05, 0) is 54.5 Å². The minimum Gasteiger partial charge on any atom is -0.376 e. The molecule has 7 heteroatoms. The molecule has 21 heavy (non-hydrogen) atoms. The van der Waals surface area contributed by atoms with Gasteiger partial charge in [0.15, 0.2) is 5.82 Å². The molecule has 3 rings (SSSR count). The number of nitrogens with one attached hydrogen (secondary N) is 1. The average Bonchev–Trinajstić information content (AvgIpc) is 3.16. The predicted octanol–water partition coefficient (Wildman–Crippen LogP) is 0.880. The third-order valence-corrected chi connectivity index (χ3v) is 3.51. The summed E-state index contributed by atoms with van der Waals surface area (Å²) in [5.41, 5.74) is 1.44. The quantitative estimate of drug-likeness (QED) is 0.902. The Labute approximate surface area is 122 Å². The third-order valence-electron chi connectivity index (χ3n) is 3.51. The molecule has 1 aromatic carbocycles. The SMILES string of the molecule is Cc1nnnn1-c1ccc(C(=O)NC[C@H]2CCCO2)cc1. The summed E-state index contributed by atoms with van der Waals surface area (Å²) in [6.07, 6.45) is 2.23. The van der Waals surface area contributed by atoms with E-state index in [0.717, 1.165) is 25.1 Å². The van der Waals surface area contributed by atoms with Gasteiger partial charge >= 0.3 is 0 Å². The van der Waals surface area contributed by atoms with Gasteiger partial charge in [0.05, 0.1) is 11.8 Å². The number of benzene rings is 1. The van der Waals surface area contributed by atoms with Crippen LogP contribution in [0.5, 0.6) is 0 Å². The Kier molecular flexibility index (Phi) is 3.92. The fraction of sp³-hybridized carbons (Fsp3) is 0.429. The average molecular weight is 287 g/mol. The lowest BCUT2D eigenvalue weighted by Crippen LogP contribution is -2.31. The van der Waals surface area contributed by atoms with Crippen molar-refractivity contribution in [1.29, 1.82) is 0 Å². The second-order valence-corrected chi connectivity index (χ2v) is 5.03. The van der Waals surface area contributed by atoms with Crippen molar-refractivity contribution < 1.29 is 9.53 Å². The third kappa shape index (κ3) is 3.08. The molecule has 1 aliphatic rings. The maximum Gasteiger partial charge on any atom is 0.251 e. The summed E-state index contributed by atoms with van der Waals surface area (Å²) in [6.45, 7) is 3.18. The molecule has 2 aromatic rings. The number of aromatic nitrogens is 4. The van der Waals surface area contributed by atoms with Gasteiger partial charge in [-0.25, -0.2) is 0 Å². The Hall–Kier alpha value is -2.28. The first kappa shape index (κ1) is 13.7. The van der Waals surface area contributed by atoms with Gasteiger partial charge < -0.3 is 10.1 Å². The Morgan fingerprint density at radius 2 is 2.24 bits per heavy atom. The van der Waals surface area contributed by atoms with E-state index in [1.54, 1.807) is 16.8 Å². The molecule has 1 N–H and O–H groups in total. The fourth-order valence-electron chi connectivity index (χ4n) is 2.34. The van der Waals surface area contributed by atoms with Crippen molar-refractivity contribution in [1.82, 2.24) is 25.5 Å². The van der Waals surface area contributed by atoms with Crippen LogP contribution in [0.1, 0.15) is 29.0 Å². The van der Waals surface area contributed by atoms with Crippen LogP contribution in [0, 0.1) is 6.92 Å². The maximum absolute atomic E-state index is 12.1. The molecular weight excluding hydrogens is 270 g/mol. The van der Waals surface area contributed by atoms with Crippen LogP contribution in [0.4, 0.5) is 0 Å². The maximum atomic E-state index is 12.1. The highest BCUT2D eigenvalue weighted by atomic mass is 16.5. The summed E-state index contributed by atoms with van der Waals surface area (Å²) in [4.78, 5) is 12.1. The zero-order valence-electron chi connectivity index (χ0n) is 11.8. The van der Waals surface area contributed by atoms with Gasteiger partial charge in [0, 0.05) is 18.7 Å². The number of tetrazole rings is 1. The zero-order valence-corrected chi connectivity index (χ0v) is 11.8. The van der Waals surface area contributed by atoms with Crippen LogP contribution in [0.3, 0.4) is 0 Å². The van der Waals surface area contributed by atoms with E-state index in [0.29, 0.717) is 17.9 Å². The molecule has 0 unspecified atom stereocenters. The molecule has 0 radical (unpaired) electrons. The molecule has 0 bridgehead atoms. The summed E-state index contributed by atoms with van der Waals surface area (Å²) < 4.78 is 7.10. The van der Waals surface area contributed by atoms with Crippen molar-refractivity contribution in [2.75, 3.05) is 13.2 Å². The summed E-state index contributed by atoms with van der Waals surface area (Å²) in [5, 5.41) is 14.2. The highest BCUT2D eigenvalue weighted by Crippen LogP contribution is 2.12. The number of amides is 1. The van der Waals surface area contributed by atoms with E-state index in [-0.39, 0.29) is 12.0 Å². The van der Waals surface area contributed by atoms with Crippen molar-refractivity contribution in [3.05, 3.63) is 35.7 Å². The van der Waals surface area contributed by atoms with Gasteiger partial charge in [0.2, 0.25) is 0 Å². The minimum absolute atomic E-state index is 0.0921. The minimum atomic E-state index is -0.0921. The normalized spacial score (nSPS) is 17.9. The number of rotatable bonds is 4. The van der Waals surface area contributed by atoms with Gasteiger partial charge in [-0.1, -0.05) is 0 Å². The summed E-state index contributed by atoms with van der Waals surface area (Å²) in [7, 11) is 0. The highest BCUT2D eigenvalue weighted by Gasteiger charge is 2.16. The van der Waals surface area contributed by atoms with Crippen molar-refractivity contribution >= 4 is 5.91 Å². The topological polar surface area (TPSA) is 81.9 Å². The standard InChI is InChI=1S/C14H17N5O2/c1-10-16-17-18-19(10)12-6-4-11(5-7-12)14(20)15-9-13-3-2-8-21-13/h4-7,13H,2-3,8-9H2,1H3,(H,15,20)/t13-/m1/s1. The first-order valence-corrected chi connectivity index (χ1v) is 6.99. The summed E-state index contributed by atoms with van der Waals surface area (Å²) in [5.74, 6) is 0.607. The van der Waals surface area contributed by atoms with Crippen molar-refractivity contribution in [3.63, 3.8) is 0 Å². The smallest absolute Gasteiger partial charge is 0.251 e. The Morgan fingerprint density at radius 3 is 2.86 bits per heavy atom. The second-order valence-electron chi connectivity index (χ2n) is 5.03. The van der Waals surface area contributed by atoms with Crippen LogP contribution in [-0.4, -0.2) is 45.4 Å².